The third-order valence-electron chi connectivity index (χ3n) is 1.21. The SMILES string of the molecule is CSc1nc(N)ncc1CO. The van der Waals surface area contributed by atoms with Crippen LogP contribution in [0.3, 0.4) is 0 Å². The van der Waals surface area contributed by atoms with Crippen molar-refractivity contribution in [1.82, 2.24) is 9.97 Å². The Kier molecular flexibility index (Phi) is 2.67. The molecule has 0 saturated heterocycles. The monoisotopic (exact) mass is 171 g/mol. The van der Waals surface area contributed by atoms with Crippen LogP contribution in [0.1, 0.15) is 5.56 Å². The number of nitrogens with two attached hydrogens (primary N) is 1. The molecule has 0 aromatic carbocycles. The van der Waals surface area contributed by atoms with Crippen molar-refractivity contribution < 1.29 is 5.11 Å². The zero-order chi connectivity index (χ0) is 8.27. The molecule has 0 unspecified atom stereocenters. The molecule has 0 fully saturated rings. The van der Waals surface area contributed by atoms with Crippen LogP contribution in [-0.2, 0) is 6.61 Å². The van der Waals surface area contributed by atoms with Crippen LogP contribution in [0.2, 0.25) is 0 Å². The second kappa shape index (κ2) is 3.54. The van der Waals surface area contributed by atoms with E-state index in [2.05, 4.69) is 9.97 Å². The molecule has 60 valence electrons. The van der Waals surface area contributed by atoms with Gasteiger partial charge in [0, 0.05) is 11.8 Å². The number of rotatable bonds is 2. The first-order valence-corrected chi connectivity index (χ1v) is 4.26. The maximum absolute atomic E-state index is 8.81. The van der Waals surface area contributed by atoms with Crippen LogP contribution in [0, 0.1) is 0 Å². The van der Waals surface area contributed by atoms with Gasteiger partial charge in [-0.15, -0.1) is 11.8 Å². The van der Waals surface area contributed by atoms with Gasteiger partial charge >= 0.3 is 0 Å². The van der Waals surface area contributed by atoms with E-state index in [1.165, 1.54) is 18.0 Å². The third-order valence-corrected chi connectivity index (χ3v) is 1.95. The van der Waals surface area contributed by atoms with Gasteiger partial charge in [-0.25, -0.2) is 9.97 Å². The summed E-state index contributed by atoms with van der Waals surface area (Å²) < 4.78 is 0. The van der Waals surface area contributed by atoms with Crippen molar-refractivity contribution in [3.05, 3.63) is 11.8 Å². The van der Waals surface area contributed by atoms with E-state index in [-0.39, 0.29) is 12.6 Å². The molecule has 4 nitrogen and oxygen atoms in total. The van der Waals surface area contributed by atoms with Crippen LogP contribution in [0.5, 0.6) is 0 Å². The molecule has 0 aliphatic carbocycles. The molecule has 0 aliphatic rings. The number of aliphatic hydroxyl groups is 1. The van der Waals surface area contributed by atoms with Gasteiger partial charge in [0.1, 0.15) is 5.03 Å². The Bertz CT molecular complexity index is 254. The fourth-order valence-corrected chi connectivity index (χ4v) is 1.25. The Balaban J connectivity index is 3.06. The lowest BCUT2D eigenvalue weighted by molar-refractivity contribution is 0.277. The smallest absolute Gasteiger partial charge is 0.221 e. The van der Waals surface area contributed by atoms with Gasteiger partial charge in [0.2, 0.25) is 5.95 Å². The molecule has 3 N–H and O–H groups in total. The molecular formula is C6H9N3OS. The van der Waals surface area contributed by atoms with E-state index in [4.69, 9.17) is 10.8 Å². The summed E-state index contributed by atoms with van der Waals surface area (Å²) >= 11 is 1.44. The predicted molar refractivity (Wildman–Crippen MR) is 44.1 cm³/mol. The summed E-state index contributed by atoms with van der Waals surface area (Å²) in [7, 11) is 0. The average Bonchev–Trinajstić information content (AvgIpc) is 2.04. The van der Waals surface area contributed by atoms with Gasteiger partial charge < -0.3 is 10.8 Å². The molecule has 0 spiro atoms. The summed E-state index contributed by atoms with van der Waals surface area (Å²) in [5.41, 5.74) is 6.06. The first-order chi connectivity index (χ1) is 5.27. The number of aromatic nitrogens is 2. The zero-order valence-electron chi connectivity index (χ0n) is 6.11. The number of hydrogen-bond acceptors (Lipinski definition) is 5. The van der Waals surface area contributed by atoms with Gasteiger partial charge in [0.05, 0.1) is 6.61 Å². The van der Waals surface area contributed by atoms with Crippen LogP contribution in [-0.4, -0.2) is 21.3 Å². The van der Waals surface area contributed by atoms with Crippen molar-refractivity contribution in [3.63, 3.8) is 0 Å². The molecule has 0 amide bonds. The fraction of sp³-hybridized carbons (Fsp3) is 0.333. The quantitative estimate of drug-likeness (QED) is 0.493. The molecule has 0 aliphatic heterocycles. The van der Waals surface area contributed by atoms with Crippen molar-refractivity contribution >= 4 is 17.7 Å². The highest BCUT2D eigenvalue weighted by molar-refractivity contribution is 7.98. The minimum Gasteiger partial charge on any atom is -0.392 e. The van der Waals surface area contributed by atoms with E-state index < -0.39 is 0 Å². The number of anilines is 1. The molecule has 1 aromatic rings. The van der Waals surface area contributed by atoms with E-state index in [1.807, 2.05) is 6.26 Å². The van der Waals surface area contributed by atoms with Gasteiger partial charge in [-0.1, -0.05) is 0 Å². The second-order valence-corrected chi connectivity index (χ2v) is 2.72. The van der Waals surface area contributed by atoms with E-state index in [1.54, 1.807) is 0 Å². The van der Waals surface area contributed by atoms with Gasteiger partial charge in [-0.2, -0.15) is 0 Å². The maximum atomic E-state index is 8.81. The van der Waals surface area contributed by atoms with Crippen molar-refractivity contribution in [2.24, 2.45) is 0 Å². The maximum Gasteiger partial charge on any atom is 0.221 e. The van der Waals surface area contributed by atoms with Gasteiger partial charge in [-0.05, 0) is 6.26 Å². The van der Waals surface area contributed by atoms with Crippen molar-refractivity contribution in [2.75, 3.05) is 12.0 Å². The van der Waals surface area contributed by atoms with E-state index in [9.17, 15) is 0 Å². The van der Waals surface area contributed by atoms with Gasteiger partial charge in [-0.3, -0.25) is 0 Å². The van der Waals surface area contributed by atoms with E-state index >= 15 is 0 Å². The zero-order valence-corrected chi connectivity index (χ0v) is 6.93. The summed E-state index contributed by atoms with van der Waals surface area (Å²) in [5.74, 6) is 0.242. The van der Waals surface area contributed by atoms with Crippen molar-refractivity contribution in [3.8, 4) is 0 Å². The minimum absolute atomic E-state index is 0.0452. The highest BCUT2D eigenvalue weighted by atomic mass is 32.2. The molecular weight excluding hydrogens is 162 g/mol. The average molecular weight is 171 g/mol. The molecule has 0 atom stereocenters. The largest absolute Gasteiger partial charge is 0.392 e. The van der Waals surface area contributed by atoms with Crippen molar-refractivity contribution in [2.45, 2.75) is 11.6 Å². The Labute approximate surface area is 68.9 Å². The van der Waals surface area contributed by atoms with Crippen LogP contribution in [0.4, 0.5) is 5.95 Å². The lowest BCUT2D eigenvalue weighted by atomic mass is 10.4. The number of aliphatic hydroxyl groups excluding tert-OH is 1. The van der Waals surface area contributed by atoms with E-state index in [0.29, 0.717) is 5.56 Å². The Morgan fingerprint density at radius 3 is 3.00 bits per heavy atom. The van der Waals surface area contributed by atoms with E-state index in [0.717, 1.165) is 5.03 Å². The van der Waals surface area contributed by atoms with Crippen LogP contribution in [0.15, 0.2) is 11.2 Å². The topological polar surface area (TPSA) is 72.0 Å². The fourth-order valence-electron chi connectivity index (χ4n) is 0.689. The van der Waals surface area contributed by atoms with Gasteiger partial charge in [0.25, 0.3) is 0 Å². The molecule has 1 heterocycles. The molecule has 5 heteroatoms. The number of nitrogens with zero attached hydrogens (tertiary/aromatic N) is 2. The highest BCUT2D eigenvalue weighted by Gasteiger charge is 2.02. The number of nitrogen functional groups attached to an aromatic ring is 1. The lowest BCUT2D eigenvalue weighted by Gasteiger charge is -2.01. The summed E-state index contributed by atoms with van der Waals surface area (Å²) in [6.45, 7) is -0.0452. The lowest BCUT2D eigenvalue weighted by Crippen LogP contribution is -1.99. The molecule has 11 heavy (non-hydrogen) atoms. The van der Waals surface area contributed by atoms with Crippen LogP contribution < -0.4 is 5.73 Å². The standard InChI is InChI=1S/C6H9N3OS/c1-11-5-4(3-10)2-8-6(7)9-5/h2,10H,3H2,1H3,(H2,7,8,9). The highest BCUT2D eigenvalue weighted by Crippen LogP contribution is 2.16. The normalized spacial score (nSPS) is 10.0. The summed E-state index contributed by atoms with van der Waals surface area (Å²) in [4.78, 5) is 7.68. The second-order valence-electron chi connectivity index (χ2n) is 1.92. The first kappa shape index (κ1) is 8.29. The molecule has 0 saturated carbocycles. The van der Waals surface area contributed by atoms with Crippen LogP contribution >= 0.6 is 11.8 Å². The predicted octanol–water partition coefficient (Wildman–Crippen LogP) is 0.273. The van der Waals surface area contributed by atoms with Crippen LogP contribution in [0.25, 0.3) is 0 Å². The summed E-state index contributed by atoms with van der Waals surface area (Å²) in [6.07, 6.45) is 3.41. The third kappa shape index (κ3) is 1.81. The van der Waals surface area contributed by atoms with Crippen molar-refractivity contribution in [1.29, 1.82) is 0 Å². The number of hydrogen-bond donors (Lipinski definition) is 2. The molecule has 0 radical (unpaired) electrons. The molecule has 0 bridgehead atoms. The number of thioether (sulfide) groups is 1. The van der Waals surface area contributed by atoms with Gasteiger partial charge in [0.15, 0.2) is 0 Å². The first-order valence-electron chi connectivity index (χ1n) is 3.04. The summed E-state index contributed by atoms with van der Waals surface area (Å²) in [5, 5.41) is 9.54. The molecule has 1 rings (SSSR count). The molecule has 1 aromatic heterocycles. The summed E-state index contributed by atoms with van der Waals surface area (Å²) in [6, 6.07) is 0. The Hall–Kier alpha value is -0.810. The minimum atomic E-state index is -0.0452. The Morgan fingerprint density at radius 1 is 1.73 bits per heavy atom. The Morgan fingerprint density at radius 2 is 2.45 bits per heavy atom.